The van der Waals surface area contributed by atoms with Crippen molar-refractivity contribution in [3.05, 3.63) is 66.3 Å². The second-order valence-electron chi connectivity index (χ2n) is 6.26. The number of benzene rings is 1. The van der Waals surface area contributed by atoms with E-state index < -0.39 is 0 Å². The molecule has 1 amide bonds. The average Bonchev–Trinajstić information content (AvgIpc) is 3.37. The topological polar surface area (TPSA) is 94.1 Å². The number of carbonyl (C=O) groups is 1. The van der Waals surface area contributed by atoms with E-state index in [4.69, 9.17) is 0 Å². The molecular formula is C18H18N8O. The van der Waals surface area contributed by atoms with Crippen LogP contribution in [0.3, 0.4) is 0 Å². The van der Waals surface area contributed by atoms with E-state index in [0.29, 0.717) is 5.78 Å². The molecule has 0 aliphatic heterocycles. The van der Waals surface area contributed by atoms with Crippen LogP contribution in [0.1, 0.15) is 34.8 Å². The van der Waals surface area contributed by atoms with Crippen molar-refractivity contribution < 1.29 is 4.79 Å². The summed E-state index contributed by atoms with van der Waals surface area (Å²) in [5.74, 6) is 0.287. The molecular weight excluding hydrogens is 344 g/mol. The molecule has 136 valence electrons. The Hall–Kier alpha value is -3.62. The number of amides is 1. The summed E-state index contributed by atoms with van der Waals surface area (Å²) in [5.41, 5.74) is 2.76. The molecule has 4 rings (SSSR count). The van der Waals surface area contributed by atoms with Crippen molar-refractivity contribution in [2.24, 2.45) is 0 Å². The smallest absolute Gasteiger partial charge is 0.293 e. The molecule has 0 saturated carbocycles. The first-order valence-corrected chi connectivity index (χ1v) is 8.45. The van der Waals surface area contributed by atoms with Gasteiger partial charge in [-0.1, -0.05) is 12.1 Å². The van der Waals surface area contributed by atoms with Gasteiger partial charge in [-0.25, -0.2) is 19.2 Å². The number of fused-ring (bicyclic) bond motifs is 1. The quantitative estimate of drug-likeness (QED) is 0.550. The SMILES string of the molecule is Cc1ccnc2nc(C(=O)N(C)[C@H](C)c3ccc(-n4cncn4)cc3)nn12. The van der Waals surface area contributed by atoms with Crippen LogP contribution in [0.5, 0.6) is 0 Å². The summed E-state index contributed by atoms with van der Waals surface area (Å²) in [6.45, 7) is 3.85. The van der Waals surface area contributed by atoms with Gasteiger partial charge in [0.2, 0.25) is 5.82 Å². The van der Waals surface area contributed by atoms with Crippen molar-refractivity contribution in [1.82, 2.24) is 39.2 Å². The number of hydrogen-bond donors (Lipinski definition) is 0. The molecule has 0 fully saturated rings. The fourth-order valence-electron chi connectivity index (χ4n) is 2.80. The molecule has 9 heteroatoms. The zero-order valence-corrected chi connectivity index (χ0v) is 15.2. The summed E-state index contributed by atoms with van der Waals surface area (Å²) in [6.07, 6.45) is 4.78. The van der Waals surface area contributed by atoms with Crippen LogP contribution in [0, 0.1) is 6.92 Å². The summed E-state index contributed by atoms with van der Waals surface area (Å²) in [5, 5.41) is 8.40. The molecule has 0 spiro atoms. The maximum atomic E-state index is 12.8. The molecule has 3 heterocycles. The van der Waals surface area contributed by atoms with Gasteiger partial charge in [0, 0.05) is 18.9 Å². The fraction of sp³-hybridized carbons (Fsp3) is 0.222. The van der Waals surface area contributed by atoms with Crippen molar-refractivity contribution in [2.45, 2.75) is 19.9 Å². The minimum absolute atomic E-state index is 0.130. The third-order valence-electron chi connectivity index (χ3n) is 4.58. The molecule has 4 aromatic rings. The third kappa shape index (κ3) is 3.03. The number of nitrogens with zero attached hydrogens (tertiary/aromatic N) is 8. The number of rotatable bonds is 4. The van der Waals surface area contributed by atoms with E-state index in [1.807, 2.05) is 44.2 Å². The molecule has 27 heavy (non-hydrogen) atoms. The van der Waals surface area contributed by atoms with Gasteiger partial charge in [0.1, 0.15) is 12.7 Å². The van der Waals surface area contributed by atoms with Crippen LogP contribution in [-0.2, 0) is 0 Å². The lowest BCUT2D eigenvalue weighted by Crippen LogP contribution is -2.30. The summed E-state index contributed by atoms with van der Waals surface area (Å²) < 4.78 is 3.25. The summed E-state index contributed by atoms with van der Waals surface area (Å²) in [4.78, 5) is 26.8. The first-order valence-electron chi connectivity index (χ1n) is 8.45. The maximum absolute atomic E-state index is 12.8. The van der Waals surface area contributed by atoms with Crippen LogP contribution in [0.15, 0.2) is 49.2 Å². The lowest BCUT2D eigenvalue weighted by molar-refractivity contribution is 0.0730. The molecule has 0 bridgehead atoms. The van der Waals surface area contributed by atoms with Gasteiger partial charge in [-0.3, -0.25) is 4.79 Å². The lowest BCUT2D eigenvalue weighted by atomic mass is 10.1. The molecule has 1 aromatic carbocycles. The van der Waals surface area contributed by atoms with Crippen LogP contribution in [0.25, 0.3) is 11.5 Å². The Morgan fingerprint density at radius 1 is 1.19 bits per heavy atom. The third-order valence-corrected chi connectivity index (χ3v) is 4.58. The standard InChI is InChI=1S/C18H18N8O/c1-12-8-9-20-18-22-16(23-26(12)18)17(27)24(3)13(2)14-4-6-15(7-5-14)25-11-19-10-21-25/h4-11,13H,1-3H3/t13-/m1/s1. The molecule has 0 radical (unpaired) electrons. The van der Waals surface area contributed by atoms with Crippen molar-refractivity contribution in [3.8, 4) is 5.69 Å². The van der Waals surface area contributed by atoms with Crippen LogP contribution >= 0.6 is 0 Å². The van der Waals surface area contributed by atoms with Gasteiger partial charge in [-0.2, -0.15) is 10.1 Å². The van der Waals surface area contributed by atoms with E-state index in [9.17, 15) is 4.79 Å². The van der Waals surface area contributed by atoms with Gasteiger partial charge in [0.05, 0.1) is 11.7 Å². The molecule has 0 N–H and O–H groups in total. The molecule has 0 saturated heterocycles. The first kappa shape index (κ1) is 16.8. The summed E-state index contributed by atoms with van der Waals surface area (Å²) in [7, 11) is 1.74. The number of aromatic nitrogens is 7. The largest absolute Gasteiger partial charge is 0.332 e. The van der Waals surface area contributed by atoms with Gasteiger partial charge in [0.25, 0.3) is 11.7 Å². The van der Waals surface area contributed by atoms with E-state index in [1.54, 1.807) is 33.7 Å². The Morgan fingerprint density at radius 3 is 2.63 bits per heavy atom. The van der Waals surface area contributed by atoms with Crippen molar-refractivity contribution in [3.63, 3.8) is 0 Å². The fourth-order valence-corrected chi connectivity index (χ4v) is 2.80. The van der Waals surface area contributed by atoms with Gasteiger partial charge >= 0.3 is 0 Å². The Balaban J connectivity index is 1.56. The molecule has 0 unspecified atom stereocenters. The molecule has 0 aliphatic rings. The first-order chi connectivity index (χ1) is 13.0. The molecule has 0 aliphatic carbocycles. The highest BCUT2D eigenvalue weighted by Gasteiger charge is 2.23. The number of aryl methyl sites for hydroxylation is 1. The van der Waals surface area contributed by atoms with Gasteiger partial charge in [0.15, 0.2) is 0 Å². The van der Waals surface area contributed by atoms with Crippen LogP contribution < -0.4 is 0 Å². The monoisotopic (exact) mass is 362 g/mol. The highest BCUT2D eigenvalue weighted by atomic mass is 16.2. The molecule has 9 nitrogen and oxygen atoms in total. The minimum atomic E-state index is -0.257. The predicted octanol–water partition coefficient (Wildman–Crippen LogP) is 1.85. The van der Waals surface area contributed by atoms with Crippen molar-refractivity contribution in [2.75, 3.05) is 7.05 Å². The minimum Gasteiger partial charge on any atom is -0.332 e. The second kappa shape index (κ2) is 6.60. The van der Waals surface area contributed by atoms with Crippen molar-refractivity contribution >= 4 is 11.7 Å². The Bertz CT molecular complexity index is 1080. The highest BCUT2D eigenvalue weighted by molar-refractivity contribution is 5.91. The van der Waals surface area contributed by atoms with E-state index in [-0.39, 0.29) is 17.8 Å². The molecule has 1 atom stereocenters. The Kier molecular flexibility index (Phi) is 4.11. The maximum Gasteiger partial charge on any atom is 0.293 e. The zero-order valence-electron chi connectivity index (χ0n) is 15.2. The van der Waals surface area contributed by atoms with Gasteiger partial charge < -0.3 is 4.90 Å². The van der Waals surface area contributed by atoms with Crippen molar-refractivity contribution in [1.29, 1.82) is 0 Å². The van der Waals surface area contributed by atoms with Gasteiger partial charge in [-0.05, 0) is 37.6 Å². The van der Waals surface area contributed by atoms with E-state index in [1.165, 1.54) is 6.33 Å². The second-order valence-corrected chi connectivity index (χ2v) is 6.26. The molecule has 3 aromatic heterocycles. The number of hydrogen-bond acceptors (Lipinski definition) is 6. The normalized spacial score (nSPS) is 12.3. The van der Waals surface area contributed by atoms with Crippen LogP contribution in [0.4, 0.5) is 0 Å². The Morgan fingerprint density at radius 2 is 1.96 bits per heavy atom. The summed E-state index contributed by atoms with van der Waals surface area (Å²) >= 11 is 0. The Labute approximate surface area is 155 Å². The lowest BCUT2D eigenvalue weighted by Gasteiger charge is -2.24. The highest BCUT2D eigenvalue weighted by Crippen LogP contribution is 2.21. The van der Waals surface area contributed by atoms with E-state index in [0.717, 1.165) is 16.9 Å². The van der Waals surface area contributed by atoms with E-state index in [2.05, 4.69) is 25.1 Å². The zero-order chi connectivity index (χ0) is 19.0. The summed E-state index contributed by atoms with van der Waals surface area (Å²) in [6, 6.07) is 9.48. The number of carbonyl (C=O) groups excluding carboxylic acids is 1. The van der Waals surface area contributed by atoms with Crippen LogP contribution in [-0.4, -0.2) is 52.2 Å². The van der Waals surface area contributed by atoms with Gasteiger partial charge in [-0.15, -0.1) is 5.10 Å². The van der Waals surface area contributed by atoms with Crippen LogP contribution in [0.2, 0.25) is 0 Å². The predicted molar refractivity (Wildman–Crippen MR) is 97.4 cm³/mol. The van der Waals surface area contributed by atoms with E-state index >= 15 is 0 Å². The average molecular weight is 362 g/mol.